The van der Waals surface area contributed by atoms with Gasteiger partial charge in [-0.15, -0.1) is 0 Å². The summed E-state index contributed by atoms with van der Waals surface area (Å²) >= 11 is 0. The Balaban J connectivity index is 2.40. The lowest BCUT2D eigenvalue weighted by molar-refractivity contribution is 0.224. The Labute approximate surface area is 84.7 Å². The zero-order valence-corrected chi connectivity index (χ0v) is 9.12. The van der Waals surface area contributed by atoms with Crippen molar-refractivity contribution in [3.05, 3.63) is 18.0 Å². The zero-order valence-electron chi connectivity index (χ0n) is 9.12. The molecule has 1 atom stereocenters. The van der Waals surface area contributed by atoms with Crippen LogP contribution in [0.1, 0.15) is 32.9 Å². The van der Waals surface area contributed by atoms with Crippen molar-refractivity contribution < 1.29 is 5.11 Å². The van der Waals surface area contributed by atoms with Gasteiger partial charge in [0.25, 0.3) is 0 Å². The lowest BCUT2D eigenvalue weighted by Crippen LogP contribution is -2.23. The third-order valence-electron chi connectivity index (χ3n) is 3.69. The highest BCUT2D eigenvalue weighted by Gasteiger charge is 2.63. The van der Waals surface area contributed by atoms with Crippen molar-refractivity contribution >= 4 is 0 Å². The van der Waals surface area contributed by atoms with Gasteiger partial charge >= 0.3 is 0 Å². The normalized spacial score (nSPS) is 29.1. The standard InChI is InChI=1S/C11H18N2O/c1-4-13-9(5-6-12-13)11(8-14)7-10(11,2)3/h5-6,14H,4,7-8H2,1-3H3. The Morgan fingerprint density at radius 1 is 1.57 bits per heavy atom. The molecule has 14 heavy (non-hydrogen) atoms. The van der Waals surface area contributed by atoms with Gasteiger partial charge in [-0.1, -0.05) is 13.8 Å². The summed E-state index contributed by atoms with van der Waals surface area (Å²) in [5, 5.41) is 13.8. The average Bonchev–Trinajstić information content (AvgIpc) is 2.56. The van der Waals surface area contributed by atoms with Gasteiger partial charge < -0.3 is 5.11 Å². The number of hydrogen-bond donors (Lipinski definition) is 1. The first-order chi connectivity index (χ1) is 6.57. The molecule has 0 aromatic carbocycles. The number of hydrogen-bond acceptors (Lipinski definition) is 2. The van der Waals surface area contributed by atoms with Gasteiger partial charge in [0.05, 0.1) is 6.61 Å². The van der Waals surface area contributed by atoms with E-state index in [1.54, 1.807) is 0 Å². The van der Waals surface area contributed by atoms with E-state index in [1.165, 1.54) is 5.69 Å². The molecular weight excluding hydrogens is 176 g/mol. The van der Waals surface area contributed by atoms with E-state index in [9.17, 15) is 5.11 Å². The summed E-state index contributed by atoms with van der Waals surface area (Å²) in [6, 6.07) is 2.04. The third kappa shape index (κ3) is 1.05. The van der Waals surface area contributed by atoms with Crippen LogP contribution in [0.3, 0.4) is 0 Å². The second kappa shape index (κ2) is 2.83. The molecule has 1 aromatic rings. The van der Waals surface area contributed by atoms with E-state index in [4.69, 9.17) is 0 Å². The second-order valence-electron chi connectivity index (χ2n) is 4.83. The average molecular weight is 194 g/mol. The Bertz CT molecular complexity index is 343. The van der Waals surface area contributed by atoms with Crippen molar-refractivity contribution in [3.8, 4) is 0 Å². The molecule has 1 heterocycles. The van der Waals surface area contributed by atoms with Crippen LogP contribution in [-0.4, -0.2) is 21.5 Å². The molecule has 0 bridgehead atoms. The van der Waals surface area contributed by atoms with E-state index in [0.29, 0.717) is 0 Å². The molecule has 1 aliphatic rings. The van der Waals surface area contributed by atoms with Crippen LogP contribution in [0, 0.1) is 5.41 Å². The molecule has 3 heteroatoms. The first-order valence-corrected chi connectivity index (χ1v) is 5.20. The fraction of sp³-hybridized carbons (Fsp3) is 0.727. The van der Waals surface area contributed by atoms with Crippen LogP contribution in [-0.2, 0) is 12.0 Å². The number of aliphatic hydroxyl groups is 1. The molecule has 78 valence electrons. The lowest BCUT2D eigenvalue weighted by atomic mass is 9.93. The maximum Gasteiger partial charge on any atom is 0.0548 e. The summed E-state index contributed by atoms with van der Waals surface area (Å²) in [7, 11) is 0. The van der Waals surface area contributed by atoms with E-state index in [-0.39, 0.29) is 17.4 Å². The topological polar surface area (TPSA) is 38.0 Å². The zero-order chi connectivity index (χ0) is 10.4. The first kappa shape index (κ1) is 9.71. The minimum Gasteiger partial charge on any atom is -0.395 e. The van der Waals surface area contributed by atoms with Crippen LogP contribution in [0.5, 0.6) is 0 Å². The molecule has 1 aromatic heterocycles. The summed E-state index contributed by atoms with van der Waals surface area (Å²) in [4.78, 5) is 0. The third-order valence-corrected chi connectivity index (χ3v) is 3.69. The quantitative estimate of drug-likeness (QED) is 0.793. The molecule has 0 aliphatic heterocycles. The Morgan fingerprint density at radius 2 is 2.21 bits per heavy atom. The second-order valence-corrected chi connectivity index (χ2v) is 4.83. The molecule has 0 amide bonds. The predicted octanol–water partition coefficient (Wildman–Crippen LogP) is 1.56. The maximum absolute atomic E-state index is 9.54. The number of rotatable bonds is 3. The van der Waals surface area contributed by atoms with Crippen LogP contribution in [0.2, 0.25) is 0 Å². The van der Waals surface area contributed by atoms with Crippen LogP contribution in [0.4, 0.5) is 0 Å². The fourth-order valence-corrected chi connectivity index (χ4v) is 2.49. The van der Waals surface area contributed by atoms with Crippen molar-refractivity contribution in [2.24, 2.45) is 5.41 Å². The van der Waals surface area contributed by atoms with E-state index in [0.717, 1.165) is 13.0 Å². The van der Waals surface area contributed by atoms with Gasteiger partial charge in [0.15, 0.2) is 0 Å². The molecule has 1 unspecified atom stereocenters. The number of aryl methyl sites for hydroxylation is 1. The Morgan fingerprint density at radius 3 is 2.64 bits per heavy atom. The van der Waals surface area contributed by atoms with E-state index in [2.05, 4.69) is 25.9 Å². The monoisotopic (exact) mass is 194 g/mol. The van der Waals surface area contributed by atoms with E-state index >= 15 is 0 Å². The summed E-state index contributed by atoms with van der Waals surface area (Å²) < 4.78 is 1.99. The number of aliphatic hydroxyl groups excluding tert-OH is 1. The van der Waals surface area contributed by atoms with Gasteiger partial charge in [-0.25, -0.2) is 0 Å². The van der Waals surface area contributed by atoms with Gasteiger partial charge in [0.2, 0.25) is 0 Å². The molecule has 0 saturated heterocycles. The van der Waals surface area contributed by atoms with Gasteiger partial charge in [-0.05, 0) is 24.8 Å². The minimum atomic E-state index is -0.0422. The lowest BCUT2D eigenvalue weighted by Gasteiger charge is -2.18. The molecule has 1 fully saturated rings. The number of nitrogens with zero attached hydrogens (tertiary/aromatic N) is 2. The highest BCUT2D eigenvalue weighted by atomic mass is 16.3. The molecule has 3 nitrogen and oxygen atoms in total. The van der Waals surface area contributed by atoms with Gasteiger partial charge in [0, 0.05) is 23.9 Å². The van der Waals surface area contributed by atoms with Gasteiger partial charge in [-0.3, -0.25) is 4.68 Å². The smallest absolute Gasteiger partial charge is 0.0548 e. The van der Waals surface area contributed by atoms with Crippen molar-refractivity contribution in [2.75, 3.05) is 6.61 Å². The minimum absolute atomic E-state index is 0.0422. The van der Waals surface area contributed by atoms with Crippen molar-refractivity contribution in [2.45, 2.75) is 39.2 Å². The van der Waals surface area contributed by atoms with Crippen LogP contribution in [0.15, 0.2) is 12.3 Å². The largest absolute Gasteiger partial charge is 0.395 e. The molecule has 2 rings (SSSR count). The molecule has 1 N–H and O–H groups in total. The van der Waals surface area contributed by atoms with Crippen LogP contribution >= 0.6 is 0 Å². The first-order valence-electron chi connectivity index (χ1n) is 5.20. The highest BCUT2D eigenvalue weighted by Crippen LogP contribution is 2.63. The summed E-state index contributed by atoms with van der Waals surface area (Å²) in [5.41, 5.74) is 1.36. The molecule has 0 radical (unpaired) electrons. The van der Waals surface area contributed by atoms with E-state index < -0.39 is 0 Å². The Hall–Kier alpha value is -0.830. The van der Waals surface area contributed by atoms with E-state index in [1.807, 2.05) is 16.9 Å². The summed E-state index contributed by atoms with van der Waals surface area (Å²) in [5.74, 6) is 0. The summed E-state index contributed by atoms with van der Waals surface area (Å²) in [6.07, 6.45) is 2.88. The van der Waals surface area contributed by atoms with Gasteiger partial charge in [0.1, 0.15) is 0 Å². The molecular formula is C11H18N2O. The predicted molar refractivity (Wildman–Crippen MR) is 55.1 cm³/mol. The Kier molecular flexibility index (Phi) is 1.96. The molecule has 1 aliphatic carbocycles. The van der Waals surface area contributed by atoms with Gasteiger partial charge in [-0.2, -0.15) is 5.10 Å². The van der Waals surface area contributed by atoms with Crippen LogP contribution in [0.25, 0.3) is 0 Å². The van der Waals surface area contributed by atoms with Crippen molar-refractivity contribution in [1.29, 1.82) is 0 Å². The maximum atomic E-state index is 9.54. The molecule has 0 spiro atoms. The molecule has 1 saturated carbocycles. The van der Waals surface area contributed by atoms with Crippen molar-refractivity contribution in [1.82, 2.24) is 9.78 Å². The van der Waals surface area contributed by atoms with Crippen LogP contribution < -0.4 is 0 Å². The SMILES string of the molecule is CCn1nccc1C1(CO)CC1(C)C. The highest BCUT2D eigenvalue weighted by molar-refractivity contribution is 5.32. The van der Waals surface area contributed by atoms with Crippen molar-refractivity contribution in [3.63, 3.8) is 0 Å². The number of aromatic nitrogens is 2. The summed E-state index contributed by atoms with van der Waals surface area (Å²) in [6.45, 7) is 7.59. The fourth-order valence-electron chi connectivity index (χ4n) is 2.49.